The first-order valence-electron chi connectivity index (χ1n) is 8.33. The molecule has 0 fully saturated rings. The van der Waals surface area contributed by atoms with Gasteiger partial charge in [0.25, 0.3) is 5.91 Å². The molecule has 0 unspecified atom stereocenters. The summed E-state index contributed by atoms with van der Waals surface area (Å²) in [6.07, 6.45) is 6.15. The van der Waals surface area contributed by atoms with Crippen LogP contribution in [0.3, 0.4) is 0 Å². The third kappa shape index (κ3) is 4.04. The minimum absolute atomic E-state index is 0.131. The summed E-state index contributed by atoms with van der Waals surface area (Å²) < 4.78 is 12.3. The Balaban J connectivity index is 1.49. The zero-order chi connectivity index (χ0) is 19.2. The van der Waals surface area contributed by atoms with Crippen LogP contribution in [0.15, 0.2) is 86.4 Å². The summed E-state index contributed by atoms with van der Waals surface area (Å²) in [7, 11) is 0. The summed E-state index contributed by atoms with van der Waals surface area (Å²) in [5.41, 5.74) is 4.12. The van der Waals surface area contributed by atoms with E-state index < -0.39 is 0 Å². The molecule has 1 N–H and O–H groups in total. The van der Waals surface area contributed by atoms with Gasteiger partial charge in [0.1, 0.15) is 0 Å². The molecule has 0 aliphatic carbocycles. The van der Waals surface area contributed by atoms with Crippen molar-refractivity contribution in [3.05, 3.63) is 72.9 Å². The predicted octanol–water partition coefficient (Wildman–Crippen LogP) is 3.36. The molecule has 0 aliphatic heterocycles. The Morgan fingerprint density at radius 1 is 1.14 bits per heavy atom. The number of furan rings is 2. The van der Waals surface area contributed by atoms with Crippen LogP contribution >= 0.6 is 11.8 Å². The number of thioether (sulfide) groups is 1. The lowest BCUT2D eigenvalue weighted by Crippen LogP contribution is -2.19. The molecule has 0 aliphatic rings. The van der Waals surface area contributed by atoms with E-state index in [1.807, 2.05) is 41.0 Å². The van der Waals surface area contributed by atoms with Crippen LogP contribution in [0, 0.1) is 0 Å². The first kappa shape index (κ1) is 17.8. The topological polar surface area (TPSA) is 98.5 Å². The number of para-hydroxylation sites is 1. The van der Waals surface area contributed by atoms with Crippen molar-refractivity contribution in [3.8, 4) is 17.3 Å². The van der Waals surface area contributed by atoms with E-state index in [9.17, 15) is 4.79 Å². The fraction of sp³-hybridized carbons (Fsp3) is 0.0526. The highest BCUT2D eigenvalue weighted by Gasteiger charge is 2.18. The number of aromatic nitrogens is 3. The van der Waals surface area contributed by atoms with Crippen molar-refractivity contribution in [2.24, 2.45) is 5.10 Å². The number of carbonyl (C=O) groups is 1. The number of benzene rings is 1. The highest BCUT2D eigenvalue weighted by Crippen LogP contribution is 2.27. The van der Waals surface area contributed by atoms with Crippen LogP contribution in [0.25, 0.3) is 17.3 Å². The lowest BCUT2D eigenvalue weighted by atomic mass is 10.3. The molecule has 0 spiro atoms. The van der Waals surface area contributed by atoms with E-state index in [1.165, 1.54) is 30.5 Å². The summed E-state index contributed by atoms with van der Waals surface area (Å²) in [5, 5.41) is 12.9. The second-order valence-electron chi connectivity index (χ2n) is 5.59. The van der Waals surface area contributed by atoms with Gasteiger partial charge in [-0.05, 0) is 30.3 Å². The number of rotatable bonds is 7. The van der Waals surface area contributed by atoms with Gasteiger partial charge in [0.05, 0.1) is 30.8 Å². The van der Waals surface area contributed by atoms with E-state index in [1.54, 1.807) is 18.4 Å². The van der Waals surface area contributed by atoms with Gasteiger partial charge in [0.2, 0.25) is 5.82 Å². The molecule has 0 saturated heterocycles. The highest BCUT2D eigenvalue weighted by atomic mass is 32.2. The van der Waals surface area contributed by atoms with Crippen LogP contribution in [-0.4, -0.2) is 32.6 Å². The molecule has 3 aromatic heterocycles. The fourth-order valence-electron chi connectivity index (χ4n) is 2.43. The molecule has 1 aromatic carbocycles. The van der Waals surface area contributed by atoms with E-state index in [0.717, 1.165) is 11.3 Å². The van der Waals surface area contributed by atoms with E-state index >= 15 is 0 Å². The second kappa shape index (κ2) is 8.40. The van der Waals surface area contributed by atoms with Gasteiger partial charge in [-0.1, -0.05) is 30.0 Å². The van der Waals surface area contributed by atoms with Crippen LogP contribution in [0.2, 0.25) is 0 Å². The van der Waals surface area contributed by atoms with Crippen LogP contribution in [-0.2, 0) is 4.79 Å². The van der Waals surface area contributed by atoms with Crippen molar-refractivity contribution in [1.29, 1.82) is 0 Å². The molecule has 0 bridgehead atoms. The van der Waals surface area contributed by atoms with Crippen LogP contribution in [0.5, 0.6) is 0 Å². The van der Waals surface area contributed by atoms with E-state index in [-0.39, 0.29) is 11.7 Å². The van der Waals surface area contributed by atoms with E-state index in [2.05, 4.69) is 20.7 Å². The summed E-state index contributed by atoms with van der Waals surface area (Å²) in [4.78, 5) is 12.1. The molecule has 0 radical (unpaired) electrons. The molecular formula is C19H15N5O3S. The van der Waals surface area contributed by atoms with Crippen molar-refractivity contribution in [2.75, 3.05) is 5.75 Å². The van der Waals surface area contributed by atoms with Gasteiger partial charge >= 0.3 is 0 Å². The van der Waals surface area contributed by atoms with Gasteiger partial charge in [-0.15, -0.1) is 10.2 Å². The molecular weight excluding hydrogens is 378 g/mol. The summed E-state index contributed by atoms with van der Waals surface area (Å²) >= 11 is 1.26. The molecule has 8 nitrogen and oxygen atoms in total. The SMILES string of the molecule is O=C(CSc1nnc(-c2ccco2)n1-c1ccccc1)N/N=C/c1ccoc1. The number of hydrogen-bond acceptors (Lipinski definition) is 7. The molecule has 4 rings (SSSR count). The van der Waals surface area contributed by atoms with Crippen molar-refractivity contribution in [3.63, 3.8) is 0 Å². The summed E-state index contributed by atoms with van der Waals surface area (Å²) in [6, 6.07) is 15.0. The Labute approximate surface area is 164 Å². The Morgan fingerprint density at radius 2 is 2.04 bits per heavy atom. The maximum absolute atomic E-state index is 12.1. The Morgan fingerprint density at radius 3 is 2.79 bits per heavy atom. The zero-order valence-corrected chi connectivity index (χ0v) is 15.4. The molecule has 140 valence electrons. The Kier molecular flexibility index (Phi) is 5.34. The quantitative estimate of drug-likeness (QED) is 0.294. The lowest BCUT2D eigenvalue weighted by molar-refractivity contribution is -0.118. The number of amides is 1. The second-order valence-corrected chi connectivity index (χ2v) is 6.54. The van der Waals surface area contributed by atoms with Crippen molar-refractivity contribution >= 4 is 23.9 Å². The zero-order valence-electron chi connectivity index (χ0n) is 14.6. The van der Waals surface area contributed by atoms with E-state index in [0.29, 0.717) is 16.7 Å². The monoisotopic (exact) mass is 393 g/mol. The highest BCUT2D eigenvalue weighted by molar-refractivity contribution is 7.99. The standard InChI is InChI=1S/C19H15N5O3S/c25-17(21-20-11-14-8-10-26-12-14)13-28-19-23-22-18(16-7-4-9-27-16)24(19)15-5-2-1-3-6-15/h1-12H,13H2,(H,21,25)/b20-11+. The molecule has 9 heteroatoms. The van der Waals surface area contributed by atoms with Gasteiger partial charge in [-0.25, -0.2) is 5.43 Å². The van der Waals surface area contributed by atoms with Crippen LogP contribution in [0.1, 0.15) is 5.56 Å². The van der Waals surface area contributed by atoms with Crippen LogP contribution in [0.4, 0.5) is 0 Å². The maximum Gasteiger partial charge on any atom is 0.250 e. The third-order valence-corrected chi connectivity index (χ3v) is 4.60. The summed E-state index contributed by atoms with van der Waals surface area (Å²) in [5.74, 6) is 1.03. The van der Waals surface area contributed by atoms with Gasteiger partial charge in [-0.3, -0.25) is 9.36 Å². The molecule has 3 heterocycles. The normalized spacial score (nSPS) is 11.1. The predicted molar refractivity (Wildman–Crippen MR) is 104 cm³/mol. The smallest absolute Gasteiger partial charge is 0.250 e. The fourth-order valence-corrected chi connectivity index (χ4v) is 3.17. The first-order valence-corrected chi connectivity index (χ1v) is 9.31. The largest absolute Gasteiger partial charge is 0.472 e. The number of nitrogens with one attached hydrogen (secondary N) is 1. The molecule has 0 atom stereocenters. The third-order valence-electron chi connectivity index (χ3n) is 3.67. The molecule has 4 aromatic rings. The minimum atomic E-state index is -0.257. The van der Waals surface area contributed by atoms with Crippen LogP contribution < -0.4 is 5.43 Å². The van der Waals surface area contributed by atoms with Gasteiger partial charge in [0.15, 0.2) is 10.9 Å². The Bertz CT molecular complexity index is 1060. The minimum Gasteiger partial charge on any atom is -0.472 e. The van der Waals surface area contributed by atoms with Gasteiger partial charge in [-0.2, -0.15) is 5.10 Å². The summed E-state index contributed by atoms with van der Waals surface area (Å²) in [6.45, 7) is 0. The number of hydrazone groups is 1. The molecule has 1 amide bonds. The lowest BCUT2D eigenvalue weighted by Gasteiger charge is -2.08. The maximum atomic E-state index is 12.1. The van der Waals surface area contributed by atoms with E-state index in [4.69, 9.17) is 8.83 Å². The van der Waals surface area contributed by atoms with Gasteiger partial charge in [0, 0.05) is 11.3 Å². The first-order chi connectivity index (χ1) is 13.8. The number of nitrogens with zero attached hydrogens (tertiary/aromatic N) is 4. The number of hydrogen-bond donors (Lipinski definition) is 1. The van der Waals surface area contributed by atoms with Crippen molar-refractivity contribution in [2.45, 2.75) is 5.16 Å². The Hall–Kier alpha value is -3.59. The average Bonchev–Trinajstić information content (AvgIpc) is 3.48. The van der Waals surface area contributed by atoms with Crippen molar-refractivity contribution < 1.29 is 13.6 Å². The molecule has 28 heavy (non-hydrogen) atoms. The van der Waals surface area contributed by atoms with Crippen molar-refractivity contribution in [1.82, 2.24) is 20.2 Å². The molecule has 0 saturated carbocycles. The van der Waals surface area contributed by atoms with Gasteiger partial charge < -0.3 is 8.83 Å². The number of carbonyl (C=O) groups excluding carboxylic acids is 1. The average molecular weight is 393 g/mol.